The molecule has 1 nitrogen and oxygen atoms in total. The van der Waals surface area contributed by atoms with E-state index < -0.39 is 0 Å². The van der Waals surface area contributed by atoms with Crippen molar-refractivity contribution in [2.45, 2.75) is 60.8 Å². The number of hydrogen-bond donors (Lipinski definition) is 1. The van der Waals surface area contributed by atoms with Gasteiger partial charge in [0.2, 0.25) is 0 Å². The van der Waals surface area contributed by atoms with Gasteiger partial charge in [0.1, 0.15) is 5.76 Å². The molecule has 1 aliphatic carbocycles. The monoisotopic (exact) mass is 448 g/mol. The average Bonchev–Trinajstić information content (AvgIpc) is 2.72. The summed E-state index contributed by atoms with van der Waals surface area (Å²) in [5, 5.41) is 10.6. The Morgan fingerprint density at radius 1 is 1.22 bits per heavy atom. The van der Waals surface area contributed by atoms with Crippen LogP contribution < -0.4 is 0 Å². The van der Waals surface area contributed by atoms with E-state index in [9.17, 15) is 5.11 Å². The van der Waals surface area contributed by atoms with Gasteiger partial charge in [-0.2, -0.15) is 0 Å². The van der Waals surface area contributed by atoms with E-state index in [2.05, 4.69) is 78.1 Å². The largest absolute Gasteiger partial charge is 0.508 e. The first-order valence-corrected chi connectivity index (χ1v) is 11.7. The molecule has 0 saturated carbocycles. The Labute approximate surface area is 199 Å². The fourth-order valence-corrected chi connectivity index (χ4v) is 4.29. The summed E-state index contributed by atoms with van der Waals surface area (Å²) in [6.07, 6.45) is 13.8. The van der Waals surface area contributed by atoms with Crippen LogP contribution in [0, 0.1) is 12.8 Å². The van der Waals surface area contributed by atoms with Gasteiger partial charge in [-0.15, -0.1) is 0 Å². The molecule has 0 heterocycles. The topological polar surface area (TPSA) is 20.2 Å². The fourth-order valence-electron chi connectivity index (χ4n) is 4.13. The van der Waals surface area contributed by atoms with Gasteiger partial charge in [0, 0.05) is 10.6 Å². The summed E-state index contributed by atoms with van der Waals surface area (Å²) in [5.74, 6) is 0.431. The quantitative estimate of drug-likeness (QED) is 0.310. The van der Waals surface area contributed by atoms with Crippen molar-refractivity contribution in [2.24, 2.45) is 5.92 Å². The summed E-state index contributed by atoms with van der Waals surface area (Å²) < 4.78 is 0. The molecule has 0 amide bonds. The molecule has 0 radical (unpaired) electrons. The van der Waals surface area contributed by atoms with E-state index >= 15 is 0 Å². The summed E-state index contributed by atoms with van der Waals surface area (Å²) in [7, 11) is 0. The van der Waals surface area contributed by atoms with Gasteiger partial charge in [0.15, 0.2) is 0 Å². The molecule has 1 unspecified atom stereocenters. The van der Waals surface area contributed by atoms with Crippen LogP contribution in [0.4, 0.5) is 0 Å². The number of halogens is 1. The van der Waals surface area contributed by atoms with Gasteiger partial charge in [-0.1, -0.05) is 73.7 Å². The first kappa shape index (κ1) is 25.7. The summed E-state index contributed by atoms with van der Waals surface area (Å²) in [4.78, 5) is 0. The smallest absolute Gasteiger partial charge is 0.115 e. The van der Waals surface area contributed by atoms with E-state index in [0.29, 0.717) is 11.5 Å². The third-order valence-electron chi connectivity index (χ3n) is 6.31. The minimum atomic E-state index is 0.0280. The van der Waals surface area contributed by atoms with Crippen molar-refractivity contribution in [3.63, 3.8) is 0 Å². The molecular formula is C30H37ClO. The second kappa shape index (κ2) is 11.4. The van der Waals surface area contributed by atoms with E-state index in [1.54, 1.807) is 0 Å². The Balaban J connectivity index is 2.39. The van der Waals surface area contributed by atoms with Crippen molar-refractivity contribution in [1.82, 2.24) is 0 Å². The van der Waals surface area contributed by atoms with E-state index in [4.69, 9.17) is 11.6 Å². The molecule has 0 spiro atoms. The maximum Gasteiger partial charge on any atom is 0.115 e. The highest BCUT2D eigenvalue weighted by molar-refractivity contribution is 6.31. The Morgan fingerprint density at radius 2 is 1.91 bits per heavy atom. The van der Waals surface area contributed by atoms with Crippen molar-refractivity contribution >= 4 is 17.2 Å². The van der Waals surface area contributed by atoms with Gasteiger partial charge in [0.25, 0.3) is 0 Å². The van der Waals surface area contributed by atoms with Crippen LogP contribution in [0.25, 0.3) is 5.57 Å². The second-order valence-corrected chi connectivity index (χ2v) is 9.31. The Morgan fingerprint density at radius 3 is 2.50 bits per heavy atom. The predicted octanol–water partition coefficient (Wildman–Crippen LogP) is 9.42. The maximum absolute atomic E-state index is 9.85. The first-order chi connectivity index (χ1) is 15.0. The molecule has 0 bridgehead atoms. The molecule has 0 aliphatic heterocycles. The Hall–Kier alpha value is -2.51. The predicted molar refractivity (Wildman–Crippen MR) is 142 cm³/mol. The van der Waals surface area contributed by atoms with E-state index in [-0.39, 0.29) is 5.76 Å². The van der Waals surface area contributed by atoms with Crippen molar-refractivity contribution in [1.29, 1.82) is 0 Å². The standard InChI is InChI=1S/C30H37ClO/c1-9-28(25(8)32)22(5)14-23(6)29-18-30(31)24(7)17-27(29)16-21(4)20(3)15-26-13-11-10-12-19(26)2/h9-10,12,14-15,17-18,21,32H,5,8,11,13,16H2,1-4,6-7H3/b20-15+,23-14+,28-9+. The van der Waals surface area contributed by atoms with Crippen molar-refractivity contribution < 1.29 is 5.11 Å². The molecule has 32 heavy (non-hydrogen) atoms. The van der Waals surface area contributed by atoms with Gasteiger partial charge in [-0.25, -0.2) is 0 Å². The van der Waals surface area contributed by atoms with Crippen LogP contribution in [-0.4, -0.2) is 5.11 Å². The van der Waals surface area contributed by atoms with Gasteiger partial charge in [0.05, 0.1) is 0 Å². The van der Waals surface area contributed by atoms with Crippen molar-refractivity contribution in [3.8, 4) is 0 Å². The summed E-state index contributed by atoms with van der Waals surface area (Å²) >= 11 is 6.51. The highest BCUT2D eigenvalue weighted by Gasteiger charge is 2.15. The van der Waals surface area contributed by atoms with Crippen LogP contribution in [0.1, 0.15) is 64.2 Å². The molecule has 0 aromatic heterocycles. The van der Waals surface area contributed by atoms with Crippen LogP contribution in [0.5, 0.6) is 0 Å². The number of benzene rings is 1. The average molecular weight is 449 g/mol. The number of hydrogen-bond acceptors (Lipinski definition) is 1. The normalized spacial score (nSPS) is 16.4. The van der Waals surface area contributed by atoms with Gasteiger partial charge in [-0.3, -0.25) is 0 Å². The van der Waals surface area contributed by atoms with Crippen LogP contribution in [0.15, 0.2) is 89.3 Å². The lowest BCUT2D eigenvalue weighted by Crippen LogP contribution is -2.06. The lowest BCUT2D eigenvalue weighted by atomic mass is 9.86. The minimum Gasteiger partial charge on any atom is -0.508 e. The van der Waals surface area contributed by atoms with E-state index in [1.165, 1.54) is 22.3 Å². The van der Waals surface area contributed by atoms with E-state index in [0.717, 1.165) is 46.6 Å². The van der Waals surface area contributed by atoms with Gasteiger partial charge >= 0.3 is 0 Å². The highest BCUT2D eigenvalue weighted by atomic mass is 35.5. The van der Waals surface area contributed by atoms with Crippen LogP contribution in [-0.2, 0) is 6.42 Å². The van der Waals surface area contributed by atoms with Crippen molar-refractivity contribution in [3.05, 3.63) is 111 Å². The molecule has 1 aromatic rings. The molecule has 0 fully saturated rings. The highest BCUT2D eigenvalue weighted by Crippen LogP contribution is 2.32. The molecule has 0 saturated heterocycles. The fraction of sp³-hybridized carbons (Fsp3) is 0.333. The number of aliphatic hydroxyl groups excluding tert-OH is 1. The molecule has 170 valence electrons. The lowest BCUT2D eigenvalue weighted by molar-refractivity contribution is 0.428. The molecule has 2 rings (SSSR count). The summed E-state index contributed by atoms with van der Waals surface area (Å²) in [5.41, 5.74) is 10.1. The molecular weight excluding hydrogens is 412 g/mol. The first-order valence-electron chi connectivity index (χ1n) is 11.3. The summed E-state index contributed by atoms with van der Waals surface area (Å²) in [6, 6.07) is 4.26. The molecule has 2 heteroatoms. The van der Waals surface area contributed by atoms with Crippen LogP contribution >= 0.6 is 11.6 Å². The third kappa shape index (κ3) is 6.50. The Bertz CT molecular complexity index is 1060. The number of aryl methyl sites for hydroxylation is 1. The van der Waals surface area contributed by atoms with Gasteiger partial charge in [-0.05, 0) is 105 Å². The van der Waals surface area contributed by atoms with Gasteiger partial charge < -0.3 is 5.11 Å². The number of allylic oxidation sites excluding steroid dienone is 10. The third-order valence-corrected chi connectivity index (χ3v) is 6.71. The second-order valence-electron chi connectivity index (χ2n) is 8.90. The molecule has 1 aromatic carbocycles. The number of aliphatic hydroxyl groups is 1. The molecule has 1 N–H and O–H groups in total. The SMILES string of the molecule is C=C(O)/C(=C/C)C(=C)/C=C(\C)c1cc(Cl)c(C)cc1CC(C)/C(C)=C/C1=C(C)C=CCC1. The summed E-state index contributed by atoms with van der Waals surface area (Å²) in [6.45, 7) is 20.5. The molecule has 1 atom stereocenters. The Kier molecular flexibility index (Phi) is 9.16. The van der Waals surface area contributed by atoms with E-state index in [1.807, 2.05) is 19.1 Å². The van der Waals surface area contributed by atoms with Crippen LogP contribution in [0.2, 0.25) is 5.02 Å². The van der Waals surface area contributed by atoms with Crippen LogP contribution in [0.3, 0.4) is 0 Å². The zero-order chi connectivity index (χ0) is 24.0. The maximum atomic E-state index is 9.85. The van der Waals surface area contributed by atoms with Crippen molar-refractivity contribution in [2.75, 3.05) is 0 Å². The zero-order valence-electron chi connectivity index (χ0n) is 20.5. The lowest BCUT2D eigenvalue weighted by Gasteiger charge is -2.19. The molecule has 1 aliphatic rings. The zero-order valence-corrected chi connectivity index (χ0v) is 21.2. The number of rotatable bonds is 8. The minimum absolute atomic E-state index is 0.0280.